The lowest BCUT2D eigenvalue weighted by atomic mass is 9.95. The Kier molecular flexibility index (Phi) is 5.29. The first-order valence-electron chi connectivity index (χ1n) is 6.22. The Bertz CT molecular complexity index is 352. The number of hydrogen-bond donors (Lipinski definition) is 1. The summed E-state index contributed by atoms with van der Waals surface area (Å²) in [7, 11) is 0. The quantitative estimate of drug-likeness (QED) is 0.840. The highest BCUT2D eigenvalue weighted by atomic mass is 35.5. The number of hydrogen-bond acceptors (Lipinski definition) is 2. The van der Waals surface area contributed by atoms with Gasteiger partial charge in [-0.15, -0.1) is 12.4 Å². The van der Waals surface area contributed by atoms with Crippen molar-refractivity contribution in [3.63, 3.8) is 0 Å². The topological polar surface area (TPSA) is 29.3 Å². The maximum Gasteiger partial charge on any atom is 0.0317 e. The van der Waals surface area contributed by atoms with Crippen molar-refractivity contribution in [3.8, 4) is 0 Å². The van der Waals surface area contributed by atoms with Crippen LogP contribution >= 0.6 is 12.4 Å². The van der Waals surface area contributed by atoms with Crippen molar-refractivity contribution < 1.29 is 0 Å². The van der Waals surface area contributed by atoms with Gasteiger partial charge < -0.3 is 5.73 Å². The Morgan fingerprint density at radius 2 is 2.18 bits per heavy atom. The highest BCUT2D eigenvalue weighted by Crippen LogP contribution is 2.25. The van der Waals surface area contributed by atoms with Crippen molar-refractivity contribution in [2.75, 3.05) is 18.8 Å². The summed E-state index contributed by atoms with van der Waals surface area (Å²) in [6.45, 7) is 8.18. The molecule has 17 heavy (non-hydrogen) atoms. The molecule has 0 radical (unpaired) electrons. The van der Waals surface area contributed by atoms with Crippen LogP contribution in [0.25, 0.3) is 0 Å². The molecular formula is C14H23ClN2. The Balaban J connectivity index is 0.00000144. The smallest absolute Gasteiger partial charge is 0.0317 e. The van der Waals surface area contributed by atoms with Crippen LogP contribution in [0.2, 0.25) is 0 Å². The van der Waals surface area contributed by atoms with E-state index >= 15 is 0 Å². The van der Waals surface area contributed by atoms with E-state index < -0.39 is 0 Å². The molecule has 2 rings (SSSR count). The number of likely N-dealkylation sites (tertiary alicyclic amines) is 1. The number of anilines is 1. The van der Waals surface area contributed by atoms with Crippen LogP contribution in [-0.2, 0) is 6.54 Å². The van der Waals surface area contributed by atoms with Crippen molar-refractivity contribution in [3.05, 3.63) is 29.8 Å². The van der Waals surface area contributed by atoms with E-state index in [1.54, 1.807) is 0 Å². The molecule has 1 atom stereocenters. The van der Waals surface area contributed by atoms with Crippen molar-refractivity contribution in [2.24, 2.45) is 11.8 Å². The first kappa shape index (κ1) is 14.3. The lowest BCUT2D eigenvalue weighted by Gasteiger charge is -2.18. The molecule has 0 bridgehead atoms. The number of nitrogen functional groups attached to an aromatic ring is 1. The molecule has 1 heterocycles. The van der Waals surface area contributed by atoms with Gasteiger partial charge in [0.25, 0.3) is 0 Å². The van der Waals surface area contributed by atoms with Crippen molar-refractivity contribution in [1.29, 1.82) is 0 Å². The van der Waals surface area contributed by atoms with Gasteiger partial charge in [-0.05, 0) is 42.5 Å². The summed E-state index contributed by atoms with van der Waals surface area (Å²) in [6, 6.07) is 8.24. The van der Waals surface area contributed by atoms with Gasteiger partial charge in [0.15, 0.2) is 0 Å². The van der Waals surface area contributed by atoms with Crippen LogP contribution in [0.1, 0.15) is 25.8 Å². The highest BCUT2D eigenvalue weighted by molar-refractivity contribution is 5.85. The van der Waals surface area contributed by atoms with Gasteiger partial charge >= 0.3 is 0 Å². The molecule has 1 aromatic carbocycles. The summed E-state index contributed by atoms with van der Waals surface area (Å²) in [5.41, 5.74) is 8.00. The zero-order chi connectivity index (χ0) is 11.5. The summed E-state index contributed by atoms with van der Waals surface area (Å²) in [6.07, 6.45) is 1.35. The summed E-state index contributed by atoms with van der Waals surface area (Å²) in [5.74, 6) is 1.69. The molecule has 1 fully saturated rings. The first-order valence-corrected chi connectivity index (χ1v) is 6.22. The summed E-state index contributed by atoms with van der Waals surface area (Å²) in [5, 5.41) is 0. The lowest BCUT2D eigenvalue weighted by Crippen LogP contribution is -2.21. The van der Waals surface area contributed by atoms with Crippen LogP contribution in [0, 0.1) is 11.8 Å². The van der Waals surface area contributed by atoms with Crippen LogP contribution < -0.4 is 5.73 Å². The van der Waals surface area contributed by atoms with E-state index in [0.717, 1.165) is 24.1 Å². The summed E-state index contributed by atoms with van der Waals surface area (Å²) >= 11 is 0. The molecule has 96 valence electrons. The number of benzene rings is 1. The van der Waals surface area contributed by atoms with Gasteiger partial charge in [0, 0.05) is 18.8 Å². The van der Waals surface area contributed by atoms with Crippen LogP contribution in [0.4, 0.5) is 5.69 Å². The molecule has 1 aliphatic rings. The normalized spacial score (nSPS) is 20.5. The second-order valence-corrected chi connectivity index (χ2v) is 5.27. The van der Waals surface area contributed by atoms with E-state index in [1.807, 2.05) is 12.1 Å². The predicted octanol–water partition coefficient (Wildman–Crippen LogP) is 3.17. The van der Waals surface area contributed by atoms with E-state index in [2.05, 4.69) is 30.9 Å². The third-order valence-electron chi connectivity index (χ3n) is 3.61. The molecule has 1 aromatic rings. The van der Waals surface area contributed by atoms with Gasteiger partial charge in [-0.2, -0.15) is 0 Å². The standard InChI is InChI=1S/C14H22N2.ClH/c1-11(2)13-6-7-16(10-13)9-12-4-3-5-14(15)8-12;/h3-5,8,11,13H,6-7,9-10,15H2,1-2H3;1H. The molecule has 0 saturated carbocycles. The van der Waals surface area contributed by atoms with E-state index in [1.165, 1.54) is 25.1 Å². The average Bonchev–Trinajstić information content (AvgIpc) is 2.66. The molecule has 0 amide bonds. The van der Waals surface area contributed by atoms with Gasteiger partial charge in [-0.3, -0.25) is 4.90 Å². The molecule has 0 spiro atoms. The van der Waals surface area contributed by atoms with Crippen LogP contribution in [0.3, 0.4) is 0 Å². The van der Waals surface area contributed by atoms with Gasteiger partial charge in [0.2, 0.25) is 0 Å². The number of nitrogens with zero attached hydrogens (tertiary/aromatic N) is 1. The molecule has 1 aliphatic heterocycles. The monoisotopic (exact) mass is 254 g/mol. The zero-order valence-corrected chi connectivity index (χ0v) is 11.5. The fourth-order valence-electron chi connectivity index (χ4n) is 2.50. The zero-order valence-electron chi connectivity index (χ0n) is 10.7. The fourth-order valence-corrected chi connectivity index (χ4v) is 2.50. The number of nitrogens with two attached hydrogens (primary N) is 1. The minimum atomic E-state index is 0. The van der Waals surface area contributed by atoms with Gasteiger partial charge in [-0.1, -0.05) is 26.0 Å². The first-order chi connectivity index (χ1) is 7.65. The second-order valence-electron chi connectivity index (χ2n) is 5.27. The minimum Gasteiger partial charge on any atom is -0.399 e. The Labute approximate surface area is 111 Å². The largest absolute Gasteiger partial charge is 0.399 e. The van der Waals surface area contributed by atoms with E-state index in [0.29, 0.717) is 0 Å². The molecule has 2 N–H and O–H groups in total. The third kappa shape index (κ3) is 3.90. The highest BCUT2D eigenvalue weighted by Gasteiger charge is 2.24. The SMILES string of the molecule is CC(C)C1CCN(Cc2cccc(N)c2)C1.Cl. The predicted molar refractivity (Wildman–Crippen MR) is 76.3 cm³/mol. The van der Waals surface area contributed by atoms with E-state index in [9.17, 15) is 0 Å². The maximum atomic E-state index is 5.79. The number of halogens is 1. The minimum absolute atomic E-state index is 0. The van der Waals surface area contributed by atoms with Gasteiger partial charge in [0.05, 0.1) is 0 Å². The van der Waals surface area contributed by atoms with Crippen molar-refractivity contribution in [1.82, 2.24) is 4.90 Å². The molecule has 2 nitrogen and oxygen atoms in total. The molecule has 1 unspecified atom stereocenters. The molecule has 1 saturated heterocycles. The second kappa shape index (κ2) is 6.27. The molecular weight excluding hydrogens is 232 g/mol. The fraction of sp³-hybridized carbons (Fsp3) is 0.571. The van der Waals surface area contributed by atoms with E-state index in [-0.39, 0.29) is 12.4 Å². The van der Waals surface area contributed by atoms with Gasteiger partial charge in [-0.25, -0.2) is 0 Å². The van der Waals surface area contributed by atoms with Crippen molar-refractivity contribution in [2.45, 2.75) is 26.8 Å². The third-order valence-corrected chi connectivity index (χ3v) is 3.61. The van der Waals surface area contributed by atoms with Gasteiger partial charge in [0.1, 0.15) is 0 Å². The Morgan fingerprint density at radius 1 is 1.41 bits per heavy atom. The Hall–Kier alpha value is -0.730. The van der Waals surface area contributed by atoms with Crippen LogP contribution in [-0.4, -0.2) is 18.0 Å². The Morgan fingerprint density at radius 3 is 2.76 bits per heavy atom. The van der Waals surface area contributed by atoms with Crippen molar-refractivity contribution >= 4 is 18.1 Å². The lowest BCUT2D eigenvalue weighted by molar-refractivity contribution is 0.297. The maximum absolute atomic E-state index is 5.79. The van der Waals surface area contributed by atoms with Crippen LogP contribution in [0.15, 0.2) is 24.3 Å². The molecule has 0 aliphatic carbocycles. The average molecular weight is 255 g/mol. The molecule has 3 heteroatoms. The van der Waals surface area contributed by atoms with Crippen LogP contribution in [0.5, 0.6) is 0 Å². The summed E-state index contributed by atoms with van der Waals surface area (Å²) < 4.78 is 0. The number of rotatable bonds is 3. The molecule has 0 aromatic heterocycles. The van der Waals surface area contributed by atoms with E-state index in [4.69, 9.17) is 5.73 Å². The summed E-state index contributed by atoms with van der Waals surface area (Å²) in [4.78, 5) is 2.54.